The molecular weight excluding hydrogens is 303 g/mol. The highest BCUT2D eigenvalue weighted by Gasteiger charge is 2.34. The highest BCUT2D eigenvalue weighted by molar-refractivity contribution is 5.91. The van der Waals surface area contributed by atoms with Crippen LogP contribution in [-0.2, 0) is 11.3 Å². The van der Waals surface area contributed by atoms with Crippen molar-refractivity contribution in [2.45, 2.75) is 39.3 Å². The van der Waals surface area contributed by atoms with Crippen LogP contribution in [0.4, 0.5) is 10.1 Å². The van der Waals surface area contributed by atoms with Gasteiger partial charge >= 0.3 is 0 Å². The number of carbonyl (C=O) groups excluding carboxylic acids is 1. The molecule has 3 nitrogen and oxygen atoms in total. The van der Waals surface area contributed by atoms with E-state index in [4.69, 9.17) is 0 Å². The van der Waals surface area contributed by atoms with Crippen molar-refractivity contribution in [2.75, 3.05) is 11.9 Å². The van der Waals surface area contributed by atoms with Gasteiger partial charge < -0.3 is 10.2 Å². The molecule has 2 aromatic rings. The fraction of sp³-hybridized carbons (Fsp3) is 0.350. The fourth-order valence-corrected chi connectivity index (χ4v) is 3.17. The highest BCUT2D eigenvalue weighted by atomic mass is 19.1. The first-order valence-corrected chi connectivity index (χ1v) is 8.47. The van der Waals surface area contributed by atoms with Crippen LogP contribution in [-0.4, -0.2) is 18.5 Å². The Kier molecular flexibility index (Phi) is 4.95. The first-order valence-electron chi connectivity index (χ1n) is 8.47. The summed E-state index contributed by atoms with van der Waals surface area (Å²) in [4.78, 5) is 13.7. The van der Waals surface area contributed by atoms with Crippen LogP contribution in [0, 0.1) is 19.7 Å². The zero-order valence-corrected chi connectivity index (χ0v) is 14.2. The van der Waals surface area contributed by atoms with Gasteiger partial charge in [0.1, 0.15) is 12.4 Å². The number of nitrogens with one attached hydrogen (secondary N) is 2. The maximum atomic E-state index is 13.0. The molecule has 0 heterocycles. The van der Waals surface area contributed by atoms with E-state index in [1.165, 1.54) is 17.0 Å². The minimum absolute atomic E-state index is 0.0315. The Hall–Kier alpha value is -2.20. The van der Waals surface area contributed by atoms with Gasteiger partial charge in [0.2, 0.25) is 0 Å². The Bertz CT molecular complexity index is 703. The number of rotatable bonds is 6. The summed E-state index contributed by atoms with van der Waals surface area (Å²) in [6.45, 7) is 5.25. The van der Waals surface area contributed by atoms with Gasteiger partial charge in [0, 0.05) is 24.1 Å². The lowest BCUT2D eigenvalue weighted by atomic mass is 10.1. The van der Waals surface area contributed by atoms with Crippen molar-refractivity contribution in [1.82, 2.24) is 0 Å². The van der Waals surface area contributed by atoms with Crippen molar-refractivity contribution >= 4 is 11.6 Å². The van der Waals surface area contributed by atoms with E-state index in [1.807, 2.05) is 26.0 Å². The zero-order valence-electron chi connectivity index (χ0n) is 14.2. The normalized spacial score (nSPS) is 15.1. The number of aryl methyl sites for hydroxylation is 2. The minimum atomic E-state index is -0.223. The first-order chi connectivity index (χ1) is 11.5. The highest BCUT2D eigenvalue weighted by Crippen LogP contribution is 2.16. The standard InChI is InChI=1S/C20H23FN2O/c1-14-9-15(2)11-18(10-14)22-20(24)13-23(19-7-8-19)12-16-3-5-17(21)6-4-16/h3-6,9-11,19H,7-8,12-13H2,1-2H3,(H,22,24)/p+1. The van der Waals surface area contributed by atoms with Crippen molar-refractivity contribution in [3.8, 4) is 0 Å². The van der Waals surface area contributed by atoms with Crippen molar-refractivity contribution in [1.29, 1.82) is 0 Å². The monoisotopic (exact) mass is 327 g/mol. The number of quaternary nitrogens is 1. The van der Waals surface area contributed by atoms with Crippen LogP contribution in [0.25, 0.3) is 0 Å². The molecule has 126 valence electrons. The summed E-state index contributed by atoms with van der Waals surface area (Å²) < 4.78 is 13.0. The average Bonchev–Trinajstić information content (AvgIpc) is 3.32. The quantitative estimate of drug-likeness (QED) is 0.840. The maximum absolute atomic E-state index is 13.0. The van der Waals surface area contributed by atoms with E-state index in [0.29, 0.717) is 12.6 Å². The van der Waals surface area contributed by atoms with Gasteiger partial charge in [-0.05, 0) is 49.2 Å². The van der Waals surface area contributed by atoms with Gasteiger partial charge in [0.05, 0.1) is 6.04 Å². The Morgan fingerprint density at radius 3 is 2.33 bits per heavy atom. The molecule has 2 aromatic carbocycles. The smallest absolute Gasteiger partial charge is 0.279 e. The van der Waals surface area contributed by atoms with Gasteiger partial charge in [-0.2, -0.15) is 0 Å². The lowest BCUT2D eigenvalue weighted by Crippen LogP contribution is -3.13. The van der Waals surface area contributed by atoms with Crippen LogP contribution in [0.2, 0.25) is 0 Å². The van der Waals surface area contributed by atoms with Gasteiger partial charge in [0.25, 0.3) is 5.91 Å². The Labute approximate surface area is 142 Å². The fourth-order valence-electron chi connectivity index (χ4n) is 3.17. The number of hydrogen-bond acceptors (Lipinski definition) is 1. The van der Waals surface area contributed by atoms with E-state index >= 15 is 0 Å². The van der Waals surface area contributed by atoms with Crippen molar-refractivity contribution in [2.24, 2.45) is 0 Å². The number of halogens is 1. The van der Waals surface area contributed by atoms with Crippen molar-refractivity contribution in [3.05, 3.63) is 65.0 Å². The summed E-state index contributed by atoms with van der Waals surface area (Å²) in [5.74, 6) is -0.191. The second-order valence-electron chi connectivity index (χ2n) is 6.84. The SMILES string of the molecule is Cc1cc(C)cc(NC(=O)C[NH+](Cc2ccc(F)cc2)C2CC2)c1. The molecule has 4 heteroatoms. The molecule has 1 atom stereocenters. The summed E-state index contributed by atoms with van der Waals surface area (Å²) in [5, 5.41) is 3.01. The molecule has 2 N–H and O–H groups in total. The predicted molar refractivity (Wildman–Crippen MR) is 93.5 cm³/mol. The van der Waals surface area contributed by atoms with E-state index in [9.17, 15) is 9.18 Å². The van der Waals surface area contributed by atoms with Crippen LogP contribution in [0.15, 0.2) is 42.5 Å². The van der Waals surface area contributed by atoms with Gasteiger partial charge in [-0.15, -0.1) is 0 Å². The Morgan fingerprint density at radius 2 is 1.75 bits per heavy atom. The lowest BCUT2D eigenvalue weighted by Gasteiger charge is -2.19. The summed E-state index contributed by atoms with van der Waals surface area (Å²) in [6.07, 6.45) is 2.32. The molecule has 1 saturated carbocycles. The minimum Gasteiger partial charge on any atom is -0.321 e. The molecule has 0 aromatic heterocycles. The number of hydrogen-bond donors (Lipinski definition) is 2. The van der Waals surface area contributed by atoms with E-state index < -0.39 is 0 Å². The van der Waals surface area contributed by atoms with Crippen LogP contribution < -0.4 is 10.2 Å². The molecular formula is C20H24FN2O+. The van der Waals surface area contributed by atoms with Gasteiger partial charge in [-0.25, -0.2) is 4.39 Å². The third-order valence-corrected chi connectivity index (χ3v) is 4.39. The summed E-state index contributed by atoms with van der Waals surface area (Å²) >= 11 is 0. The molecule has 1 aliphatic rings. The number of anilines is 1. The second-order valence-corrected chi connectivity index (χ2v) is 6.84. The molecule has 0 bridgehead atoms. The molecule has 1 unspecified atom stereocenters. The van der Waals surface area contributed by atoms with Crippen LogP contribution in [0.3, 0.4) is 0 Å². The molecule has 3 rings (SSSR count). The van der Waals surface area contributed by atoms with Crippen LogP contribution in [0.1, 0.15) is 29.5 Å². The summed E-state index contributed by atoms with van der Waals surface area (Å²) in [7, 11) is 0. The van der Waals surface area contributed by atoms with E-state index in [-0.39, 0.29) is 11.7 Å². The van der Waals surface area contributed by atoms with Crippen molar-refractivity contribution < 1.29 is 14.1 Å². The van der Waals surface area contributed by atoms with Crippen molar-refractivity contribution in [3.63, 3.8) is 0 Å². The second kappa shape index (κ2) is 7.14. The third-order valence-electron chi connectivity index (χ3n) is 4.39. The third kappa shape index (κ3) is 4.65. The molecule has 1 amide bonds. The molecule has 1 aliphatic carbocycles. The molecule has 0 saturated heterocycles. The maximum Gasteiger partial charge on any atom is 0.279 e. The van der Waals surface area contributed by atoms with Crippen LogP contribution in [0.5, 0.6) is 0 Å². The van der Waals surface area contributed by atoms with Gasteiger partial charge in [-0.1, -0.05) is 18.2 Å². The average molecular weight is 327 g/mol. The van der Waals surface area contributed by atoms with E-state index in [1.54, 1.807) is 12.1 Å². The number of carbonyl (C=O) groups is 1. The summed E-state index contributed by atoms with van der Waals surface area (Å²) in [5.41, 5.74) is 4.21. The lowest BCUT2D eigenvalue weighted by molar-refractivity contribution is -0.916. The Balaban J connectivity index is 1.62. The van der Waals surface area contributed by atoms with Crippen LogP contribution >= 0.6 is 0 Å². The molecule has 0 aliphatic heterocycles. The Morgan fingerprint density at radius 1 is 1.12 bits per heavy atom. The summed E-state index contributed by atoms with van der Waals surface area (Å²) in [6, 6.07) is 13.2. The first kappa shape index (κ1) is 16.7. The molecule has 0 spiro atoms. The molecule has 0 radical (unpaired) electrons. The number of benzene rings is 2. The van der Waals surface area contributed by atoms with Gasteiger partial charge in [-0.3, -0.25) is 4.79 Å². The van der Waals surface area contributed by atoms with E-state index in [0.717, 1.165) is 41.8 Å². The largest absolute Gasteiger partial charge is 0.321 e. The van der Waals surface area contributed by atoms with Gasteiger partial charge in [0.15, 0.2) is 6.54 Å². The topological polar surface area (TPSA) is 33.5 Å². The zero-order chi connectivity index (χ0) is 17.1. The molecule has 24 heavy (non-hydrogen) atoms. The predicted octanol–water partition coefficient (Wildman–Crippen LogP) is 2.63. The van der Waals surface area contributed by atoms with E-state index in [2.05, 4.69) is 11.4 Å². The molecule has 1 fully saturated rings. The number of amides is 1.